The van der Waals surface area contributed by atoms with Crippen LogP contribution in [0.2, 0.25) is 0 Å². The molecule has 2 nitrogen and oxygen atoms in total. The van der Waals surface area contributed by atoms with Crippen molar-refractivity contribution in [2.24, 2.45) is 5.41 Å². The zero-order valence-electron chi connectivity index (χ0n) is 12.6. The Morgan fingerprint density at radius 2 is 1.52 bits per heavy atom. The number of fused-ring (bicyclic) bond motifs is 1. The second kappa shape index (κ2) is 4.82. The van der Waals surface area contributed by atoms with E-state index >= 15 is 0 Å². The van der Waals surface area contributed by atoms with Crippen molar-refractivity contribution in [1.82, 2.24) is 0 Å². The van der Waals surface area contributed by atoms with Crippen molar-refractivity contribution in [1.29, 1.82) is 0 Å². The third kappa shape index (κ3) is 2.27. The van der Waals surface area contributed by atoms with Gasteiger partial charge in [0.25, 0.3) is 0 Å². The van der Waals surface area contributed by atoms with E-state index in [1.165, 1.54) is 36.5 Å². The second-order valence-electron chi connectivity index (χ2n) is 6.79. The summed E-state index contributed by atoms with van der Waals surface area (Å²) < 4.78 is 12.4. The summed E-state index contributed by atoms with van der Waals surface area (Å²) in [5, 5.41) is 2.50. The summed E-state index contributed by atoms with van der Waals surface area (Å²) in [5.74, 6) is -0.599. The molecule has 2 aliphatic rings. The average molecular weight is 282 g/mol. The number of rotatable bonds is 1. The average Bonchev–Trinajstić information content (AvgIpc) is 2.99. The van der Waals surface area contributed by atoms with Crippen LogP contribution in [0.3, 0.4) is 0 Å². The molecule has 110 valence electrons. The monoisotopic (exact) mass is 282 g/mol. The van der Waals surface area contributed by atoms with Gasteiger partial charge in [0.1, 0.15) is 0 Å². The normalized spacial score (nSPS) is 23.7. The van der Waals surface area contributed by atoms with Gasteiger partial charge in [-0.3, -0.25) is 0 Å². The molecule has 2 aromatic carbocycles. The Kier molecular flexibility index (Phi) is 3.05. The van der Waals surface area contributed by atoms with Gasteiger partial charge in [0.2, 0.25) is 0 Å². The molecule has 0 unspecified atom stereocenters. The van der Waals surface area contributed by atoms with Gasteiger partial charge < -0.3 is 9.47 Å². The lowest BCUT2D eigenvalue weighted by molar-refractivity contribution is -0.302. The van der Waals surface area contributed by atoms with Gasteiger partial charge in [0.05, 0.1) is 13.2 Å². The summed E-state index contributed by atoms with van der Waals surface area (Å²) in [6.07, 6.45) is 5.14. The maximum Gasteiger partial charge on any atom is 0.191 e. The predicted molar refractivity (Wildman–Crippen MR) is 84.1 cm³/mol. The molecule has 1 aliphatic carbocycles. The molecule has 0 amide bonds. The zero-order chi connectivity index (χ0) is 14.3. The minimum atomic E-state index is -0.599. The van der Waals surface area contributed by atoms with Gasteiger partial charge in [0.15, 0.2) is 5.79 Å². The van der Waals surface area contributed by atoms with Gasteiger partial charge in [0, 0.05) is 11.0 Å². The first-order chi connectivity index (χ1) is 10.2. The van der Waals surface area contributed by atoms with Crippen molar-refractivity contribution in [3.63, 3.8) is 0 Å². The molecular weight excluding hydrogens is 260 g/mol. The van der Waals surface area contributed by atoms with Crippen molar-refractivity contribution < 1.29 is 9.47 Å². The van der Waals surface area contributed by atoms with Crippen LogP contribution in [0.4, 0.5) is 0 Å². The highest BCUT2D eigenvalue weighted by Gasteiger charge is 2.44. The first-order valence-electron chi connectivity index (χ1n) is 7.97. The van der Waals surface area contributed by atoms with Crippen LogP contribution in [0.15, 0.2) is 42.5 Å². The van der Waals surface area contributed by atoms with Crippen LogP contribution in [-0.4, -0.2) is 13.2 Å². The van der Waals surface area contributed by atoms with Crippen LogP contribution in [0.5, 0.6) is 0 Å². The Bertz CT molecular complexity index is 645. The van der Waals surface area contributed by atoms with Crippen LogP contribution in [0.25, 0.3) is 10.8 Å². The van der Waals surface area contributed by atoms with Crippen molar-refractivity contribution in [2.75, 3.05) is 13.2 Å². The number of hydrogen-bond donors (Lipinski definition) is 0. The molecule has 1 saturated carbocycles. The molecule has 2 heteroatoms. The van der Waals surface area contributed by atoms with E-state index in [1.807, 2.05) is 0 Å². The fourth-order valence-corrected chi connectivity index (χ4v) is 3.72. The fourth-order valence-electron chi connectivity index (χ4n) is 3.72. The first kappa shape index (κ1) is 13.3. The van der Waals surface area contributed by atoms with E-state index in [0.717, 1.165) is 18.8 Å². The van der Waals surface area contributed by atoms with Gasteiger partial charge in [-0.15, -0.1) is 0 Å². The second-order valence-corrected chi connectivity index (χ2v) is 6.79. The van der Waals surface area contributed by atoms with Crippen LogP contribution in [0, 0.1) is 5.41 Å². The molecule has 0 N–H and O–H groups in total. The summed E-state index contributed by atoms with van der Waals surface area (Å²) in [4.78, 5) is 0. The largest absolute Gasteiger partial charge is 0.345 e. The minimum absolute atomic E-state index is 0.288. The predicted octanol–water partition coefficient (Wildman–Crippen LogP) is 4.62. The summed E-state index contributed by atoms with van der Waals surface area (Å²) in [6.45, 7) is 3.71. The molecule has 1 spiro atoms. The fraction of sp³-hybridized carbons (Fsp3) is 0.474. The van der Waals surface area contributed by atoms with Gasteiger partial charge in [-0.2, -0.15) is 0 Å². The van der Waals surface area contributed by atoms with Crippen molar-refractivity contribution in [2.45, 2.75) is 38.4 Å². The van der Waals surface area contributed by atoms with E-state index in [-0.39, 0.29) is 5.41 Å². The Hall–Kier alpha value is -1.38. The van der Waals surface area contributed by atoms with Crippen LogP contribution >= 0.6 is 0 Å². The van der Waals surface area contributed by atoms with Gasteiger partial charge in [-0.05, 0) is 36.6 Å². The van der Waals surface area contributed by atoms with E-state index < -0.39 is 5.79 Å². The zero-order valence-corrected chi connectivity index (χ0v) is 12.6. The molecule has 4 rings (SSSR count). The van der Waals surface area contributed by atoms with Crippen LogP contribution in [-0.2, 0) is 15.3 Å². The first-order valence-corrected chi connectivity index (χ1v) is 7.97. The molecule has 0 bridgehead atoms. The number of benzene rings is 2. The molecule has 0 radical (unpaired) electrons. The highest BCUT2D eigenvalue weighted by Crippen LogP contribution is 2.45. The summed E-state index contributed by atoms with van der Waals surface area (Å²) >= 11 is 0. The van der Waals surface area contributed by atoms with Crippen molar-refractivity contribution >= 4 is 10.8 Å². The lowest BCUT2D eigenvalue weighted by Crippen LogP contribution is -2.45. The number of hydrogen-bond acceptors (Lipinski definition) is 2. The van der Waals surface area contributed by atoms with Gasteiger partial charge in [-0.25, -0.2) is 0 Å². The third-order valence-corrected chi connectivity index (χ3v) is 5.25. The Morgan fingerprint density at radius 1 is 0.857 bits per heavy atom. The third-order valence-electron chi connectivity index (χ3n) is 5.25. The molecule has 2 fully saturated rings. The molecule has 1 heterocycles. The van der Waals surface area contributed by atoms with Crippen molar-refractivity contribution in [3.05, 3.63) is 48.0 Å². The molecule has 1 saturated heterocycles. The minimum Gasteiger partial charge on any atom is -0.345 e. The van der Waals surface area contributed by atoms with Crippen molar-refractivity contribution in [3.8, 4) is 0 Å². The molecule has 0 aromatic heterocycles. The maximum absolute atomic E-state index is 6.22. The van der Waals surface area contributed by atoms with Gasteiger partial charge >= 0.3 is 0 Å². The van der Waals surface area contributed by atoms with E-state index in [4.69, 9.17) is 9.47 Å². The lowest BCUT2D eigenvalue weighted by atomic mass is 9.86. The molecule has 0 atom stereocenters. The summed E-state index contributed by atoms with van der Waals surface area (Å²) in [7, 11) is 0. The van der Waals surface area contributed by atoms with E-state index in [9.17, 15) is 0 Å². The standard InChI is InChI=1S/C19H22O2/c1-18(20-13-19(14-21-18)10-4-5-11-19)17-9-8-15-6-2-3-7-16(15)12-17/h2-3,6-9,12H,4-5,10-11,13-14H2,1H3. The lowest BCUT2D eigenvalue weighted by Gasteiger charge is -2.43. The van der Waals surface area contributed by atoms with E-state index in [2.05, 4.69) is 49.4 Å². The molecule has 1 aliphatic heterocycles. The Balaban J connectivity index is 1.62. The maximum atomic E-state index is 6.22. The molecule has 2 aromatic rings. The van der Waals surface area contributed by atoms with Crippen LogP contribution in [0.1, 0.15) is 38.2 Å². The Labute approximate surface area is 126 Å². The van der Waals surface area contributed by atoms with E-state index in [0.29, 0.717) is 0 Å². The highest BCUT2D eigenvalue weighted by molar-refractivity contribution is 5.83. The number of ether oxygens (including phenoxy) is 2. The summed E-state index contributed by atoms with van der Waals surface area (Å²) in [5.41, 5.74) is 1.41. The smallest absolute Gasteiger partial charge is 0.191 e. The molecular formula is C19H22O2. The quantitative estimate of drug-likeness (QED) is 0.760. The van der Waals surface area contributed by atoms with Gasteiger partial charge in [-0.1, -0.05) is 49.2 Å². The topological polar surface area (TPSA) is 18.5 Å². The Morgan fingerprint density at radius 3 is 2.24 bits per heavy atom. The summed E-state index contributed by atoms with van der Waals surface area (Å²) in [6, 6.07) is 14.9. The molecule has 21 heavy (non-hydrogen) atoms. The van der Waals surface area contributed by atoms with Crippen LogP contribution < -0.4 is 0 Å². The highest BCUT2D eigenvalue weighted by atomic mass is 16.7. The SMILES string of the molecule is CC1(c2ccc3ccccc3c2)OCC2(CCCC2)CO1. The van der Waals surface area contributed by atoms with E-state index in [1.54, 1.807) is 0 Å².